The largest absolute Gasteiger partial charge is 0.450 e. The maximum absolute atomic E-state index is 12.5. The van der Waals surface area contributed by atoms with Gasteiger partial charge in [0.25, 0.3) is 0 Å². The van der Waals surface area contributed by atoms with Crippen molar-refractivity contribution in [1.82, 2.24) is 10.2 Å². The fourth-order valence-electron chi connectivity index (χ4n) is 7.85. The summed E-state index contributed by atoms with van der Waals surface area (Å²) in [6, 6.07) is 0.548. The molecule has 0 unspecified atom stereocenters. The van der Waals surface area contributed by atoms with Crippen LogP contribution in [0.3, 0.4) is 0 Å². The quantitative estimate of drug-likeness (QED) is 0.582. The summed E-state index contributed by atoms with van der Waals surface area (Å²) >= 11 is 0. The number of alkyl carbamates (subject to hydrolysis) is 1. The average molecular weight is 431 g/mol. The number of carbonyl (C=O) groups excluding carboxylic acids is 2. The first-order valence-electron chi connectivity index (χ1n) is 12.7. The van der Waals surface area contributed by atoms with Crippen LogP contribution < -0.4 is 5.32 Å². The normalized spacial score (nSPS) is 41.4. The number of nitrogens with one attached hydrogen (secondary N) is 1. The van der Waals surface area contributed by atoms with E-state index in [1.165, 1.54) is 32.1 Å². The molecule has 1 N–H and O–H groups in total. The van der Waals surface area contributed by atoms with Gasteiger partial charge in [0, 0.05) is 24.5 Å². The SMILES string of the molecule is CCCCCCOC(=O)N[C@H]1CC[C@H]2[C@@H]3CC[C@H]4N(C)C(=O)C=C[C@]4(C)[C@H]3CC[C@]12C. The molecule has 7 atom stereocenters. The molecule has 4 aliphatic rings. The lowest BCUT2D eigenvalue weighted by molar-refractivity contribution is -0.138. The number of rotatable bonds is 6. The highest BCUT2D eigenvalue weighted by atomic mass is 16.5. The second kappa shape index (κ2) is 8.78. The van der Waals surface area contributed by atoms with E-state index in [0.717, 1.165) is 32.1 Å². The maximum atomic E-state index is 12.5. The van der Waals surface area contributed by atoms with Crippen LogP contribution in [0.15, 0.2) is 12.2 Å². The van der Waals surface area contributed by atoms with Crippen molar-refractivity contribution < 1.29 is 14.3 Å². The molecule has 1 heterocycles. The number of fused-ring (bicyclic) bond motifs is 5. The molecule has 3 saturated carbocycles. The van der Waals surface area contributed by atoms with Crippen LogP contribution in [-0.4, -0.2) is 42.6 Å². The van der Waals surface area contributed by atoms with Gasteiger partial charge in [0.1, 0.15) is 0 Å². The zero-order valence-electron chi connectivity index (χ0n) is 20.0. The molecule has 0 saturated heterocycles. The zero-order valence-corrected chi connectivity index (χ0v) is 20.0. The van der Waals surface area contributed by atoms with E-state index >= 15 is 0 Å². The van der Waals surface area contributed by atoms with Gasteiger partial charge in [0.15, 0.2) is 0 Å². The first kappa shape index (κ1) is 22.7. The first-order valence-corrected chi connectivity index (χ1v) is 12.7. The van der Waals surface area contributed by atoms with Crippen LogP contribution in [0.2, 0.25) is 0 Å². The van der Waals surface area contributed by atoms with E-state index in [9.17, 15) is 9.59 Å². The maximum Gasteiger partial charge on any atom is 0.407 e. The second-order valence-electron chi connectivity index (χ2n) is 11.1. The third kappa shape index (κ3) is 3.91. The van der Waals surface area contributed by atoms with Crippen LogP contribution >= 0.6 is 0 Å². The van der Waals surface area contributed by atoms with Crippen molar-refractivity contribution in [2.45, 2.75) is 97.1 Å². The lowest BCUT2D eigenvalue weighted by Gasteiger charge is -2.60. The van der Waals surface area contributed by atoms with Gasteiger partial charge in [0.05, 0.1) is 6.61 Å². The molecule has 1 aliphatic heterocycles. The molecule has 5 heteroatoms. The summed E-state index contributed by atoms with van der Waals surface area (Å²) in [6.07, 6.45) is 15.2. The fourth-order valence-corrected chi connectivity index (χ4v) is 7.85. The molecule has 174 valence electrons. The van der Waals surface area contributed by atoms with Gasteiger partial charge < -0.3 is 15.0 Å². The van der Waals surface area contributed by atoms with Crippen LogP contribution in [0.1, 0.15) is 85.0 Å². The highest BCUT2D eigenvalue weighted by Crippen LogP contribution is 2.63. The molecule has 0 aromatic rings. The molecular weight excluding hydrogens is 388 g/mol. The van der Waals surface area contributed by atoms with Gasteiger partial charge in [-0.15, -0.1) is 0 Å². The minimum atomic E-state index is -0.225. The lowest BCUT2D eigenvalue weighted by Crippen LogP contribution is -2.60. The molecule has 0 spiro atoms. The first-order chi connectivity index (χ1) is 14.8. The van der Waals surface area contributed by atoms with Gasteiger partial charge in [-0.2, -0.15) is 0 Å². The van der Waals surface area contributed by atoms with Crippen molar-refractivity contribution in [3.63, 3.8) is 0 Å². The van der Waals surface area contributed by atoms with Gasteiger partial charge in [-0.3, -0.25) is 4.79 Å². The van der Waals surface area contributed by atoms with E-state index in [-0.39, 0.29) is 28.9 Å². The smallest absolute Gasteiger partial charge is 0.407 e. The highest BCUT2D eigenvalue weighted by Gasteiger charge is 2.60. The Morgan fingerprint density at radius 1 is 1.13 bits per heavy atom. The molecule has 0 radical (unpaired) electrons. The summed E-state index contributed by atoms with van der Waals surface area (Å²) in [5.74, 6) is 2.11. The molecule has 0 aromatic heterocycles. The van der Waals surface area contributed by atoms with Gasteiger partial charge in [-0.25, -0.2) is 4.79 Å². The van der Waals surface area contributed by atoms with E-state index in [1.54, 1.807) is 0 Å². The summed E-state index contributed by atoms with van der Waals surface area (Å²) in [5.41, 5.74) is 0.238. The van der Waals surface area contributed by atoms with E-state index < -0.39 is 0 Å². The van der Waals surface area contributed by atoms with Crippen LogP contribution in [0.5, 0.6) is 0 Å². The summed E-state index contributed by atoms with van der Waals surface area (Å²) in [6.45, 7) is 7.52. The molecule has 3 aliphatic carbocycles. The van der Waals surface area contributed by atoms with E-state index in [0.29, 0.717) is 30.4 Å². The van der Waals surface area contributed by atoms with Gasteiger partial charge in [0.2, 0.25) is 5.91 Å². The minimum Gasteiger partial charge on any atom is -0.450 e. The summed E-state index contributed by atoms with van der Waals surface area (Å²) < 4.78 is 5.49. The Hall–Kier alpha value is -1.52. The van der Waals surface area contributed by atoms with Crippen molar-refractivity contribution in [1.29, 1.82) is 0 Å². The Morgan fingerprint density at radius 2 is 1.94 bits per heavy atom. The third-order valence-electron chi connectivity index (χ3n) is 9.65. The number of nitrogens with zero attached hydrogens (tertiary/aromatic N) is 1. The van der Waals surface area contributed by atoms with Crippen LogP contribution in [0, 0.1) is 28.6 Å². The molecular formula is C26H42N2O3. The molecule has 4 rings (SSSR count). The zero-order chi connectivity index (χ0) is 22.2. The molecule has 31 heavy (non-hydrogen) atoms. The average Bonchev–Trinajstić information content (AvgIpc) is 3.07. The Bertz CT molecular complexity index is 721. The van der Waals surface area contributed by atoms with Gasteiger partial charge >= 0.3 is 6.09 Å². The predicted molar refractivity (Wildman–Crippen MR) is 122 cm³/mol. The van der Waals surface area contributed by atoms with Gasteiger partial charge in [-0.05, 0) is 74.2 Å². The number of ether oxygens (including phenoxy) is 1. The second-order valence-corrected chi connectivity index (χ2v) is 11.1. The van der Waals surface area contributed by atoms with E-state index in [4.69, 9.17) is 4.74 Å². The Morgan fingerprint density at radius 3 is 2.71 bits per heavy atom. The van der Waals surface area contributed by atoms with Crippen molar-refractivity contribution in [2.24, 2.45) is 28.6 Å². The number of hydrogen-bond acceptors (Lipinski definition) is 3. The van der Waals surface area contributed by atoms with Gasteiger partial charge in [-0.1, -0.05) is 46.1 Å². The van der Waals surface area contributed by atoms with Crippen molar-refractivity contribution >= 4 is 12.0 Å². The third-order valence-corrected chi connectivity index (χ3v) is 9.65. The van der Waals surface area contributed by atoms with Crippen LogP contribution in [0.25, 0.3) is 0 Å². The highest BCUT2D eigenvalue weighted by molar-refractivity contribution is 5.89. The van der Waals surface area contributed by atoms with Crippen molar-refractivity contribution in [3.8, 4) is 0 Å². The standard InChI is InChI=1S/C26H42N2O3/c1-5-6-7-8-17-31-24(30)27-21-11-10-19-18-9-12-22-26(3,16-14-23(29)28(22)4)20(18)13-15-25(19,21)2/h14,16,18-22H,5-13,15,17H2,1-4H3,(H,27,30)/t18-,19-,20-,21-,22+,25-,26+/m0/s1. The predicted octanol–water partition coefficient (Wildman–Crippen LogP) is 5.30. The van der Waals surface area contributed by atoms with E-state index in [1.807, 2.05) is 18.0 Å². The lowest BCUT2D eigenvalue weighted by atomic mass is 9.48. The van der Waals surface area contributed by atoms with E-state index in [2.05, 4.69) is 32.2 Å². The minimum absolute atomic E-state index is 0.0792. The monoisotopic (exact) mass is 430 g/mol. The van der Waals surface area contributed by atoms with Crippen molar-refractivity contribution in [3.05, 3.63) is 12.2 Å². The summed E-state index contributed by atoms with van der Waals surface area (Å²) in [4.78, 5) is 26.7. The topological polar surface area (TPSA) is 58.6 Å². The summed E-state index contributed by atoms with van der Waals surface area (Å²) in [7, 11) is 1.98. The molecule has 0 bridgehead atoms. The molecule has 5 nitrogen and oxygen atoms in total. The Balaban J connectivity index is 1.40. The molecule has 3 fully saturated rings. The van der Waals surface area contributed by atoms with Crippen molar-refractivity contribution in [2.75, 3.05) is 13.7 Å². The number of likely N-dealkylation sites (N-methyl/N-ethyl adjacent to an activating group) is 1. The number of hydrogen-bond donors (Lipinski definition) is 1. The van der Waals surface area contributed by atoms with Crippen LogP contribution in [-0.2, 0) is 9.53 Å². The molecule has 2 amide bonds. The number of amides is 2. The Labute approximate surface area is 188 Å². The van der Waals surface area contributed by atoms with Crippen LogP contribution in [0.4, 0.5) is 4.79 Å². The number of unbranched alkanes of at least 4 members (excludes halogenated alkanes) is 3. The Kier molecular flexibility index (Phi) is 6.42. The fraction of sp³-hybridized carbons (Fsp3) is 0.846. The molecule has 0 aromatic carbocycles. The summed E-state index contributed by atoms with van der Waals surface area (Å²) in [5, 5.41) is 3.26. The number of carbonyl (C=O) groups is 2.